The first-order valence-corrected chi connectivity index (χ1v) is 7.49. The summed E-state index contributed by atoms with van der Waals surface area (Å²) in [7, 11) is -4.40. The van der Waals surface area contributed by atoms with Crippen LogP contribution in [-0.2, 0) is 21.3 Å². The Hall–Kier alpha value is -0.910. The first-order valence-electron chi connectivity index (χ1n) is 6.08. The minimum Gasteiger partial charge on any atom is -0.744 e. The third kappa shape index (κ3) is 4.76. The van der Waals surface area contributed by atoms with Crippen molar-refractivity contribution >= 4 is 10.1 Å². The molecule has 0 aromatic heterocycles. The molecular weight excluding hydrogens is 252 g/mol. The summed E-state index contributed by atoms with van der Waals surface area (Å²) in [5, 5.41) is 0. The highest BCUT2D eigenvalue weighted by Gasteiger charge is 2.08. The Kier molecular flexibility index (Phi) is 5.78. The molecule has 1 rings (SSSR count). The lowest BCUT2D eigenvalue weighted by Gasteiger charge is -2.13. The number of hydrogen-bond acceptors (Lipinski definition) is 4. The first kappa shape index (κ1) is 15.1. The van der Waals surface area contributed by atoms with Crippen molar-refractivity contribution in [1.29, 1.82) is 0 Å². The van der Waals surface area contributed by atoms with Crippen molar-refractivity contribution in [2.75, 3.05) is 13.2 Å². The van der Waals surface area contributed by atoms with Crippen LogP contribution >= 0.6 is 0 Å². The van der Waals surface area contributed by atoms with Crippen molar-refractivity contribution in [3.63, 3.8) is 0 Å². The zero-order valence-electron chi connectivity index (χ0n) is 10.8. The molecule has 0 aliphatic carbocycles. The maximum atomic E-state index is 11.1. The lowest BCUT2D eigenvalue weighted by molar-refractivity contribution is 0.134. The summed E-state index contributed by atoms with van der Waals surface area (Å²) in [6.45, 7) is 5.04. The van der Waals surface area contributed by atoms with Crippen molar-refractivity contribution in [2.24, 2.45) is 0 Å². The van der Waals surface area contributed by atoms with Gasteiger partial charge >= 0.3 is 0 Å². The molecule has 0 spiro atoms. The van der Waals surface area contributed by atoms with E-state index >= 15 is 0 Å². The molecule has 0 amide bonds. The fourth-order valence-corrected chi connectivity index (χ4v) is 2.39. The highest BCUT2D eigenvalue weighted by atomic mass is 32.2. The predicted octanol–water partition coefficient (Wildman–Crippen LogP) is 2.26. The average Bonchev–Trinajstić information content (AvgIpc) is 2.27. The van der Waals surface area contributed by atoms with E-state index < -0.39 is 10.1 Å². The number of unbranched alkanes of at least 4 members (excludes halogenated alkanes) is 1. The van der Waals surface area contributed by atoms with Crippen molar-refractivity contribution in [3.8, 4) is 0 Å². The molecule has 0 aliphatic heterocycles. The van der Waals surface area contributed by atoms with Gasteiger partial charge in [0.05, 0.1) is 11.5 Å². The van der Waals surface area contributed by atoms with Crippen LogP contribution in [0.25, 0.3) is 0 Å². The van der Waals surface area contributed by atoms with E-state index in [1.807, 2.05) is 6.92 Å². The summed E-state index contributed by atoms with van der Waals surface area (Å²) >= 11 is 0. The van der Waals surface area contributed by atoms with E-state index in [0.717, 1.165) is 18.4 Å². The molecule has 0 saturated carbocycles. The van der Waals surface area contributed by atoms with Gasteiger partial charge in [0.1, 0.15) is 10.1 Å². The second kappa shape index (κ2) is 6.87. The van der Waals surface area contributed by atoms with Gasteiger partial charge in [-0.3, -0.25) is 0 Å². The summed E-state index contributed by atoms with van der Waals surface area (Å²) in [4.78, 5) is -0.132. The molecule has 0 aliphatic rings. The summed E-state index contributed by atoms with van der Waals surface area (Å²) in [5.74, 6) is 0. The third-order valence-electron chi connectivity index (χ3n) is 2.64. The topological polar surface area (TPSA) is 66.4 Å². The van der Waals surface area contributed by atoms with Crippen LogP contribution in [0.4, 0.5) is 0 Å². The minimum atomic E-state index is -4.40. The van der Waals surface area contributed by atoms with Crippen molar-refractivity contribution in [2.45, 2.75) is 38.0 Å². The van der Waals surface area contributed by atoms with Gasteiger partial charge in [0.25, 0.3) is 0 Å². The van der Waals surface area contributed by atoms with E-state index in [9.17, 15) is 13.0 Å². The monoisotopic (exact) mass is 271 g/mol. The Morgan fingerprint density at radius 1 is 1.28 bits per heavy atom. The summed E-state index contributed by atoms with van der Waals surface area (Å²) in [5.41, 5.74) is 1.48. The molecule has 0 fully saturated rings. The molecule has 0 saturated heterocycles. The van der Waals surface area contributed by atoms with Crippen molar-refractivity contribution in [1.82, 2.24) is 0 Å². The highest BCUT2D eigenvalue weighted by molar-refractivity contribution is 7.85. The van der Waals surface area contributed by atoms with Gasteiger partial charge in [-0.05, 0) is 31.4 Å². The van der Waals surface area contributed by atoms with Gasteiger partial charge in [-0.15, -0.1) is 0 Å². The normalized spacial score (nSPS) is 11.7. The number of benzene rings is 1. The fourth-order valence-electron chi connectivity index (χ4n) is 1.68. The Morgan fingerprint density at radius 2 is 2.00 bits per heavy atom. The third-order valence-corrected chi connectivity index (χ3v) is 3.58. The van der Waals surface area contributed by atoms with Gasteiger partial charge in [0, 0.05) is 6.61 Å². The average molecular weight is 271 g/mol. The van der Waals surface area contributed by atoms with Crippen molar-refractivity contribution < 1.29 is 17.7 Å². The maximum Gasteiger partial charge on any atom is 0.124 e. The number of hydrogen-bond donors (Lipinski definition) is 0. The summed E-state index contributed by atoms with van der Waals surface area (Å²) < 4.78 is 38.7. The van der Waals surface area contributed by atoms with Crippen LogP contribution in [0.1, 0.15) is 30.9 Å². The lowest BCUT2D eigenvalue weighted by atomic mass is 10.1. The second-order valence-electron chi connectivity index (χ2n) is 4.28. The Labute approximate surface area is 109 Å². The SMILES string of the molecule is CCCCOCCc1cc(C)ccc1S(=O)(=O)[O-]. The molecule has 18 heavy (non-hydrogen) atoms. The van der Waals surface area contributed by atoms with Crippen LogP contribution in [0.2, 0.25) is 0 Å². The fraction of sp³-hybridized carbons (Fsp3) is 0.538. The van der Waals surface area contributed by atoms with Crippen molar-refractivity contribution in [3.05, 3.63) is 29.3 Å². The zero-order chi connectivity index (χ0) is 13.6. The quantitative estimate of drug-likeness (QED) is 0.563. The summed E-state index contributed by atoms with van der Waals surface area (Å²) in [6, 6.07) is 4.74. The minimum absolute atomic E-state index is 0.132. The van der Waals surface area contributed by atoms with Crippen LogP contribution in [0.3, 0.4) is 0 Å². The van der Waals surface area contributed by atoms with Gasteiger partial charge in [-0.2, -0.15) is 0 Å². The highest BCUT2D eigenvalue weighted by Crippen LogP contribution is 2.17. The molecule has 5 heteroatoms. The second-order valence-corrected chi connectivity index (χ2v) is 5.63. The van der Waals surface area contributed by atoms with E-state index in [1.54, 1.807) is 12.1 Å². The van der Waals surface area contributed by atoms with Crippen LogP contribution in [0.15, 0.2) is 23.1 Å². The standard InChI is InChI=1S/C13H20O4S/c1-3-4-8-17-9-7-12-10-11(2)5-6-13(12)18(14,15)16/h5-6,10H,3-4,7-9H2,1-2H3,(H,14,15,16)/p-1. The number of aryl methyl sites for hydroxylation is 1. The molecule has 0 atom stereocenters. The number of ether oxygens (including phenoxy) is 1. The van der Waals surface area contributed by atoms with Gasteiger partial charge in [0.2, 0.25) is 0 Å². The van der Waals surface area contributed by atoms with Crippen LogP contribution in [-0.4, -0.2) is 26.2 Å². The van der Waals surface area contributed by atoms with E-state index in [0.29, 0.717) is 25.2 Å². The number of rotatable bonds is 7. The molecule has 4 nitrogen and oxygen atoms in total. The van der Waals surface area contributed by atoms with Crippen LogP contribution in [0, 0.1) is 6.92 Å². The van der Waals surface area contributed by atoms with Gasteiger partial charge in [-0.25, -0.2) is 8.42 Å². The molecule has 1 aromatic carbocycles. The first-order chi connectivity index (χ1) is 8.45. The summed E-state index contributed by atoms with van der Waals surface area (Å²) in [6.07, 6.45) is 2.49. The molecule has 0 radical (unpaired) electrons. The van der Waals surface area contributed by atoms with E-state index in [-0.39, 0.29) is 4.90 Å². The van der Waals surface area contributed by atoms with Gasteiger partial charge in [-0.1, -0.05) is 31.0 Å². The van der Waals surface area contributed by atoms with E-state index in [1.165, 1.54) is 6.07 Å². The lowest BCUT2D eigenvalue weighted by Crippen LogP contribution is -2.07. The Morgan fingerprint density at radius 3 is 2.61 bits per heavy atom. The molecule has 0 heterocycles. The van der Waals surface area contributed by atoms with E-state index in [4.69, 9.17) is 4.74 Å². The van der Waals surface area contributed by atoms with E-state index in [2.05, 4.69) is 6.92 Å². The zero-order valence-corrected chi connectivity index (χ0v) is 11.6. The van der Waals surface area contributed by atoms with Gasteiger partial charge in [0.15, 0.2) is 0 Å². The Balaban J connectivity index is 2.72. The molecule has 0 N–H and O–H groups in total. The van der Waals surface area contributed by atoms with Gasteiger partial charge < -0.3 is 9.29 Å². The molecular formula is C13H19O4S-. The molecule has 0 bridgehead atoms. The van der Waals surface area contributed by atoms with Crippen LogP contribution < -0.4 is 0 Å². The molecule has 1 aromatic rings. The smallest absolute Gasteiger partial charge is 0.124 e. The Bertz CT molecular complexity index is 480. The molecule has 0 unspecified atom stereocenters. The predicted molar refractivity (Wildman–Crippen MR) is 68.6 cm³/mol. The maximum absolute atomic E-state index is 11.1. The largest absolute Gasteiger partial charge is 0.744 e. The molecule has 102 valence electrons. The van der Waals surface area contributed by atoms with Crippen LogP contribution in [0.5, 0.6) is 0 Å².